The molecule has 0 heterocycles. The number of hydrogen-bond donors (Lipinski definition) is 1. The lowest BCUT2D eigenvalue weighted by Crippen LogP contribution is -2.52. The van der Waals surface area contributed by atoms with Gasteiger partial charge in [-0.1, -0.05) is 48.3 Å². The third kappa shape index (κ3) is 7.24. The highest BCUT2D eigenvalue weighted by Gasteiger charge is 2.33. The molecule has 1 N–H and O–H groups in total. The molecular weight excluding hydrogens is 552 g/mol. The van der Waals surface area contributed by atoms with Crippen LogP contribution in [0.15, 0.2) is 77.7 Å². The highest BCUT2D eigenvalue weighted by molar-refractivity contribution is 7.92. The first-order valence-corrected chi connectivity index (χ1v) is 14.1. The fourth-order valence-corrected chi connectivity index (χ4v) is 5.61. The topological polar surface area (TPSA) is 86.8 Å². The number of rotatable bonds is 11. The van der Waals surface area contributed by atoms with Crippen molar-refractivity contribution in [3.05, 3.63) is 94.2 Å². The van der Waals surface area contributed by atoms with Gasteiger partial charge in [-0.25, -0.2) is 12.8 Å². The summed E-state index contributed by atoms with van der Waals surface area (Å²) in [6.45, 7) is 3.23. The van der Waals surface area contributed by atoms with Gasteiger partial charge in [0.05, 0.1) is 10.6 Å². The Kier molecular flexibility index (Phi) is 10.1. The second-order valence-electron chi connectivity index (χ2n) is 8.41. The van der Waals surface area contributed by atoms with Gasteiger partial charge in [-0.05, 0) is 73.5 Å². The van der Waals surface area contributed by atoms with Crippen LogP contribution < -0.4 is 9.62 Å². The van der Waals surface area contributed by atoms with Gasteiger partial charge in [0, 0.05) is 23.1 Å². The molecule has 0 aliphatic carbocycles. The van der Waals surface area contributed by atoms with E-state index in [4.69, 9.17) is 23.2 Å². The van der Waals surface area contributed by atoms with Crippen molar-refractivity contribution in [3.8, 4) is 0 Å². The second kappa shape index (κ2) is 13.1. The maximum atomic E-state index is 13.8. The quantitative estimate of drug-likeness (QED) is 0.335. The molecule has 0 aliphatic heterocycles. The van der Waals surface area contributed by atoms with Crippen molar-refractivity contribution >= 4 is 50.7 Å². The minimum Gasteiger partial charge on any atom is -0.355 e. The van der Waals surface area contributed by atoms with Gasteiger partial charge in [-0.2, -0.15) is 0 Å². The Hall–Kier alpha value is -3.14. The number of hydrogen-bond acceptors (Lipinski definition) is 4. The van der Waals surface area contributed by atoms with Gasteiger partial charge >= 0.3 is 0 Å². The lowest BCUT2D eigenvalue weighted by molar-refractivity contribution is -0.140. The number of carbonyl (C=O) groups is 2. The number of sulfonamides is 1. The van der Waals surface area contributed by atoms with Crippen LogP contribution in [-0.2, 0) is 26.2 Å². The van der Waals surface area contributed by atoms with Crippen LogP contribution in [0.3, 0.4) is 0 Å². The molecule has 202 valence electrons. The van der Waals surface area contributed by atoms with E-state index in [0.717, 1.165) is 4.31 Å². The molecule has 1 atom stereocenters. The van der Waals surface area contributed by atoms with Gasteiger partial charge in [0.1, 0.15) is 18.4 Å². The summed E-state index contributed by atoms with van der Waals surface area (Å²) in [6, 6.07) is 16.4. The molecule has 2 amide bonds. The maximum Gasteiger partial charge on any atom is 0.264 e. The Labute approximate surface area is 232 Å². The number of carbonyl (C=O) groups excluding carboxylic acids is 2. The molecule has 0 saturated carbocycles. The molecule has 11 heteroatoms. The van der Waals surface area contributed by atoms with Crippen LogP contribution >= 0.6 is 23.2 Å². The monoisotopic (exact) mass is 579 g/mol. The molecule has 3 aromatic rings. The molecule has 0 bridgehead atoms. The first-order valence-electron chi connectivity index (χ1n) is 11.9. The minimum atomic E-state index is -4.24. The molecule has 38 heavy (non-hydrogen) atoms. The number of likely N-dealkylation sites (N-methyl/N-ethyl adjacent to an activating group) is 1. The lowest BCUT2D eigenvalue weighted by Gasteiger charge is -2.33. The van der Waals surface area contributed by atoms with Gasteiger partial charge in [0.15, 0.2) is 0 Å². The summed E-state index contributed by atoms with van der Waals surface area (Å²) >= 11 is 12.1. The zero-order chi connectivity index (χ0) is 27.9. The molecule has 0 radical (unpaired) electrons. The number of amides is 2. The van der Waals surface area contributed by atoms with Crippen LogP contribution in [-0.4, -0.2) is 44.3 Å². The van der Waals surface area contributed by atoms with Gasteiger partial charge < -0.3 is 10.2 Å². The van der Waals surface area contributed by atoms with Crippen molar-refractivity contribution in [2.45, 2.75) is 37.8 Å². The largest absolute Gasteiger partial charge is 0.355 e. The minimum absolute atomic E-state index is 0.0286. The summed E-state index contributed by atoms with van der Waals surface area (Å²) in [4.78, 5) is 28.0. The second-order valence-corrected chi connectivity index (χ2v) is 11.1. The fraction of sp³-hybridized carbons (Fsp3) is 0.259. The summed E-state index contributed by atoms with van der Waals surface area (Å²) in [7, 11) is -4.24. The lowest BCUT2D eigenvalue weighted by atomic mass is 10.1. The van der Waals surface area contributed by atoms with Crippen molar-refractivity contribution in [1.82, 2.24) is 10.2 Å². The summed E-state index contributed by atoms with van der Waals surface area (Å²) in [5, 5.41) is 3.36. The van der Waals surface area contributed by atoms with E-state index in [1.165, 1.54) is 65.6 Å². The van der Waals surface area contributed by atoms with Crippen molar-refractivity contribution < 1.29 is 22.4 Å². The van der Waals surface area contributed by atoms with Gasteiger partial charge in [0.2, 0.25) is 11.8 Å². The molecule has 1 unspecified atom stereocenters. The van der Waals surface area contributed by atoms with Crippen LogP contribution in [0.1, 0.15) is 25.8 Å². The van der Waals surface area contributed by atoms with Crippen LogP contribution in [0.4, 0.5) is 10.1 Å². The highest BCUT2D eigenvalue weighted by Crippen LogP contribution is 2.27. The predicted octanol–water partition coefficient (Wildman–Crippen LogP) is 5.27. The summed E-state index contributed by atoms with van der Waals surface area (Å²) in [5.41, 5.74) is 0.756. The highest BCUT2D eigenvalue weighted by atomic mass is 35.5. The Morgan fingerprint density at radius 2 is 1.61 bits per heavy atom. The zero-order valence-electron chi connectivity index (χ0n) is 20.9. The average Bonchev–Trinajstić information content (AvgIpc) is 2.88. The van der Waals surface area contributed by atoms with E-state index < -0.39 is 34.3 Å². The van der Waals surface area contributed by atoms with E-state index in [1.807, 2.05) is 0 Å². The fourth-order valence-electron chi connectivity index (χ4n) is 3.89. The molecule has 0 aromatic heterocycles. The van der Waals surface area contributed by atoms with Crippen LogP contribution in [0.5, 0.6) is 0 Å². The summed E-state index contributed by atoms with van der Waals surface area (Å²) in [6.07, 6.45) is 0.278. The Morgan fingerprint density at radius 1 is 0.947 bits per heavy atom. The molecule has 0 spiro atoms. The van der Waals surface area contributed by atoms with Gasteiger partial charge in [0.25, 0.3) is 10.0 Å². The first-order chi connectivity index (χ1) is 18.1. The Bertz CT molecular complexity index is 1370. The Balaban J connectivity index is 2.05. The first kappa shape index (κ1) is 29.4. The van der Waals surface area contributed by atoms with Crippen LogP contribution in [0, 0.1) is 5.82 Å². The van der Waals surface area contributed by atoms with E-state index in [-0.39, 0.29) is 34.5 Å². The smallest absolute Gasteiger partial charge is 0.264 e. The SMILES string of the molecule is CCNC(=O)C(CC)N(Cc1ccc(F)cc1)C(=O)CN(c1cccc(Cl)c1)S(=O)(=O)c1ccc(Cl)cc1. The van der Waals surface area contributed by atoms with Gasteiger partial charge in [-0.15, -0.1) is 0 Å². The predicted molar refractivity (Wildman–Crippen MR) is 147 cm³/mol. The molecular formula is C27H28Cl2FN3O4S. The molecule has 0 fully saturated rings. The number of anilines is 1. The summed E-state index contributed by atoms with van der Waals surface area (Å²) in [5.74, 6) is -1.44. The van der Waals surface area contributed by atoms with Crippen molar-refractivity contribution in [2.75, 3.05) is 17.4 Å². The molecule has 3 aromatic carbocycles. The van der Waals surface area contributed by atoms with Crippen molar-refractivity contribution in [3.63, 3.8) is 0 Å². The summed E-state index contributed by atoms with van der Waals surface area (Å²) < 4.78 is 41.9. The normalized spacial score (nSPS) is 12.0. The number of nitrogens with one attached hydrogen (secondary N) is 1. The third-order valence-electron chi connectivity index (χ3n) is 5.78. The van der Waals surface area contributed by atoms with Crippen LogP contribution in [0.25, 0.3) is 0 Å². The maximum absolute atomic E-state index is 13.8. The number of halogens is 3. The van der Waals surface area contributed by atoms with E-state index >= 15 is 0 Å². The molecule has 0 aliphatic rings. The standard InChI is InChI=1S/C27H28Cl2FN3O4S/c1-3-25(27(35)31-4-2)32(17-19-8-12-22(30)13-9-19)26(34)18-33(23-7-5-6-21(29)16-23)38(36,37)24-14-10-20(28)11-15-24/h5-16,25H,3-4,17-18H2,1-2H3,(H,31,35). The zero-order valence-corrected chi connectivity index (χ0v) is 23.2. The van der Waals surface area contributed by atoms with Crippen molar-refractivity contribution in [1.29, 1.82) is 0 Å². The van der Waals surface area contributed by atoms with Gasteiger partial charge in [-0.3, -0.25) is 13.9 Å². The average molecular weight is 581 g/mol. The Morgan fingerprint density at radius 3 is 2.18 bits per heavy atom. The van der Waals surface area contributed by atoms with E-state index in [0.29, 0.717) is 17.1 Å². The number of benzene rings is 3. The van der Waals surface area contributed by atoms with Crippen LogP contribution in [0.2, 0.25) is 10.0 Å². The van der Waals surface area contributed by atoms with E-state index in [2.05, 4.69) is 5.32 Å². The molecule has 7 nitrogen and oxygen atoms in total. The third-order valence-corrected chi connectivity index (χ3v) is 8.05. The van der Waals surface area contributed by atoms with E-state index in [9.17, 15) is 22.4 Å². The van der Waals surface area contributed by atoms with E-state index in [1.54, 1.807) is 26.0 Å². The van der Waals surface area contributed by atoms with Crippen molar-refractivity contribution in [2.24, 2.45) is 0 Å². The molecule has 0 saturated heterocycles. The number of nitrogens with zero attached hydrogens (tertiary/aromatic N) is 2. The molecule has 3 rings (SSSR count).